The molecule has 7 nitrogen and oxygen atoms in total. The topological polar surface area (TPSA) is 107 Å². The van der Waals surface area contributed by atoms with Crippen molar-refractivity contribution in [3.8, 4) is 22.1 Å². The average molecular weight is 569 g/mol. The first-order valence-corrected chi connectivity index (χ1v) is 14.1. The third-order valence-corrected chi connectivity index (χ3v) is 7.60. The number of ether oxygens (including phenoxy) is 1. The van der Waals surface area contributed by atoms with Crippen molar-refractivity contribution in [3.05, 3.63) is 107 Å². The number of fused-ring (bicyclic) bond motifs is 1. The van der Waals surface area contributed by atoms with Gasteiger partial charge in [-0.2, -0.15) is 0 Å². The number of hydrogen-bond donors (Lipinski definition) is 2. The van der Waals surface area contributed by atoms with E-state index in [0.717, 1.165) is 45.9 Å². The fourth-order valence-electron chi connectivity index (χ4n) is 4.41. The van der Waals surface area contributed by atoms with Crippen LogP contribution in [0.1, 0.15) is 40.4 Å². The molecule has 0 aliphatic carbocycles. The highest BCUT2D eigenvalue weighted by molar-refractivity contribution is 7.22. The summed E-state index contributed by atoms with van der Waals surface area (Å²) < 4.78 is 21.8. The van der Waals surface area contributed by atoms with Gasteiger partial charge in [0.05, 0.1) is 20.8 Å². The highest BCUT2D eigenvalue weighted by Gasteiger charge is 2.15. The number of pyridine rings is 2. The van der Waals surface area contributed by atoms with Crippen LogP contribution in [-0.2, 0) is 24.2 Å². The van der Waals surface area contributed by atoms with Crippen LogP contribution in [0.15, 0.2) is 79.1 Å². The number of amides is 1. The van der Waals surface area contributed by atoms with Crippen molar-refractivity contribution in [2.75, 3.05) is 6.54 Å². The van der Waals surface area contributed by atoms with E-state index in [-0.39, 0.29) is 24.4 Å². The number of nitrogens with one attached hydrogen (secondary N) is 1. The molecular formula is C32H29FN4O3S. The molecule has 0 bridgehead atoms. The summed E-state index contributed by atoms with van der Waals surface area (Å²) >= 11 is 1.48. The zero-order chi connectivity index (χ0) is 28.8. The fourth-order valence-corrected chi connectivity index (χ4v) is 5.46. The lowest BCUT2D eigenvalue weighted by molar-refractivity contribution is -0.117. The normalized spacial score (nSPS) is 11.1. The van der Waals surface area contributed by atoms with Gasteiger partial charge in [-0.25, -0.2) is 4.39 Å². The predicted molar refractivity (Wildman–Crippen MR) is 159 cm³/mol. The molecular weight excluding hydrogens is 539 g/mol. The highest BCUT2D eigenvalue weighted by atomic mass is 32.1. The Balaban J connectivity index is 1.27. The van der Waals surface area contributed by atoms with Gasteiger partial charge in [0.1, 0.15) is 11.5 Å². The molecule has 0 spiro atoms. The van der Waals surface area contributed by atoms with Crippen molar-refractivity contribution in [1.29, 1.82) is 0 Å². The minimum atomic E-state index is -0.568. The molecule has 41 heavy (non-hydrogen) atoms. The maximum atomic E-state index is 15.1. The second kappa shape index (κ2) is 12.8. The molecule has 3 aromatic heterocycles. The third kappa shape index (κ3) is 7.00. The van der Waals surface area contributed by atoms with Crippen LogP contribution >= 0.6 is 11.3 Å². The van der Waals surface area contributed by atoms with Gasteiger partial charge in [0, 0.05) is 43.4 Å². The first-order valence-electron chi connectivity index (χ1n) is 13.3. The number of aromatic nitrogens is 2. The van der Waals surface area contributed by atoms with Crippen molar-refractivity contribution in [1.82, 2.24) is 15.3 Å². The van der Waals surface area contributed by atoms with E-state index in [0.29, 0.717) is 22.4 Å². The average Bonchev–Trinajstić information content (AvgIpc) is 3.40. The molecule has 0 saturated heterocycles. The number of benzene rings is 2. The van der Waals surface area contributed by atoms with Crippen molar-refractivity contribution < 1.29 is 18.7 Å². The molecule has 0 fully saturated rings. The van der Waals surface area contributed by atoms with E-state index >= 15 is 4.39 Å². The Kier molecular flexibility index (Phi) is 8.76. The molecule has 0 aliphatic rings. The molecule has 0 saturated carbocycles. The number of nitrogens with zero attached hydrogens (tertiary/aromatic N) is 2. The number of halogens is 1. The molecule has 5 rings (SSSR count). The van der Waals surface area contributed by atoms with E-state index in [1.807, 2.05) is 18.3 Å². The zero-order valence-electron chi connectivity index (χ0n) is 22.5. The quantitative estimate of drug-likeness (QED) is 0.173. The lowest BCUT2D eigenvalue weighted by atomic mass is 10.0. The second-order valence-electron chi connectivity index (χ2n) is 9.69. The highest BCUT2D eigenvalue weighted by Crippen LogP contribution is 2.39. The number of Topliss-reactive ketones (excluding diaryl/α,β-unsaturated/α-hetero) is 1. The number of carbonyl (C=O) groups is 2. The van der Waals surface area contributed by atoms with Crippen LogP contribution in [-0.4, -0.2) is 28.2 Å². The molecule has 0 unspecified atom stereocenters. The van der Waals surface area contributed by atoms with Gasteiger partial charge in [-0.1, -0.05) is 31.2 Å². The summed E-state index contributed by atoms with van der Waals surface area (Å²) in [6.45, 7) is 3.87. The maximum Gasteiger partial charge on any atom is 0.248 e. The lowest BCUT2D eigenvalue weighted by Gasteiger charge is -2.09. The van der Waals surface area contributed by atoms with Crippen LogP contribution in [0.25, 0.3) is 20.8 Å². The van der Waals surface area contributed by atoms with Crippen LogP contribution in [0.5, 0.6) is 11.5 Å². The van der Waals surface area contributed by atoms with Gasteiger partial charge in [-0.15, -0.1) is 11.3 Å². The number of rotatable bonds is 12. The van der Waals surface area contributed by atoms with E-state index < -0.39 is 11.7 Å². The van der Waals surface area contributed by atoms with Crippen LogP contribution < -0.4 is 15.8 Å². The van der Waals surface area contributed by atoms with E-state index in [1.54, 1.807) is 42.6 Å². The molecule has 0 aliphatic heterocycles. The van der Waals surface area contributed by atoms with Gasteiger partial charge in [0.25, 0.3) is 0 Å². The molecule has 2 aromatic carbocycles. The molecule has 0 atom stereocenters. The van der Waals surface area contributed by atoms with E-state index in [1.165, 1.54) is 23.5 Å². The molecule has 0 radical (unpaired) electrons. The molecule has 3 N–H and O–H groups in total. The summed E-state index contributed by atoms with van der Waals surface area (Å²) in [4.78, 5) is 34.0. The minimum absolute atomic E-state index is 0.0479. The zero-order valence-corrected chi connectivity index (χ0v) is 23.3. The largest absolute Gasteiger partial charge is 0.453 e. The van der Waals surface area contributed by atoms with E-state index in [9.17, 15) is 9.59 Å². The van der Waals surface area contributed by atoms with Gasteiger partial charge in [0.15, 0.2) is 11.6 Å². The monoisotopic (exact) mass is 568 g/mol. The first-order chi connectivity index (χ1) is 19.9. The number of nitrogens with two attached hydrogens (primary N) is 1. The minimum Gasteiger partial charge on any atom is -0.453 e. The molecule has 5 aromatic rings. The fraction of sp³-hybridized carbons (Fsp3) is 0.188. The predicted octanol–water partition coefficient (Wildman–Crippen LogP) is 6.24. The Morgan fingerprint density at radius 1 is 0.951 bits per heavy atom. The molecule has 9 heteroatoms. The summed E-state index contributed by atoms with van der Waals surface area (Å²) in [5, 5.41) is 3.37. The van der Waals surface area contributed by atoms with Crippen molar-refractivity contribution in [3.63, 3.8) is 0 Å². The van der Waals surface area contributed by atoms with Gasteiger partial charge < -0.3 is 15.8 Å². The second-order valence-corrected chi connectivity index (χ2v) is 10.7. The Hall–Kier alpha value is -4.47. The lowest BCUT2D eigenvalue weighted by Crippen LogP contribution is -2.13. The van der Waals surface area contributed by atoms with Crippen molar-refractivity contribution >= 4 is 33.2 Å². The number of primary amides is 1. The summed E-state index contributed by atoms with van der Waals surface area (Å²) in [6, 6.07) is 18.8. The number of ketones is 1. The molecule has 3 heterocycles. The Morgan fingerprint density at radius 2 is 1.76 bits per heavy atom. The molecule has 208 valence electrons. The SMILES string of the molecule is CCCNCc1ccc(-c2cc3nccc(Oc4ccc(CC(=O)Cc5cccc(C(N)=O)c5)cc4F)c3s2)nc1. The summed E-state index contributed by atoms with van der Waals surface area (Å²) in [6.07, 6.45) is 4.74. The standard InChI is InChI=1S/C32H29FN4O3S/c1-2-11-35-18-22-6-8-26(37-19-22)30-17-27-31(41-30)29(10-12-36-27)40-28-9-7-21(16-25(28)33)15-24(38)14-20-4-3-5-23(13-20)32(34)39/h3-10,12-13,16-17,19,35H,2,11,14-15,18H2,1H3,(H2,34,39). The van der Waals surface area contributed by atoms with Crippen LogP contribution in [0.2, 0.25) is 0 Å². The number of hydrogen-bond acceptors (Lipinski definition) is 7. The Labute approximate surface area is 241 Å². The summed E-state index contributed by atoms with van der Waals surface area (Å²) in [5.74, 6) is -0.686. The van der Waals surface area contributed by atoms with Crippen molar-refractivity contribution in [2.24, 2.45) is 5.73 Å². The smallest absolute Gasteiger partial charge is 0.248 e. The number of thiophene rings is 1. The van der Waals surface area contributed by atoms with Crippen LogP contribution in [0, 0.1) is 5.82 Å². The maximum absolute atomic E-state index is 15.1. The third-order valence-electron chi connectivity index (χ3n) is 6.44. The van der Waals surface area contributed by atoms with Gasteiger partial charge in [0.2, 0.25) is 5.91 Å². The van der Waals surface area contributed by atoms with Gasteiger partial charge in [-0.3, -0.25) is 19.6 Å². The van der Waals surface area contributed by atoms with Gasteiger partial charge >= 0.3 is 0 Å². The van der Waals surface area contributed by atoms with E-state index in [2.05, 4.69) is 28.3 Å². The van der Waals surface area contributed by atoms with Gasteiger partial charge in [-0.05, 0) is 66.1 Å². The first kappa shape index (κ1) is 28.1. The van der Waals surface area contributed by atoms with Crippen LogP contribution in [0.3, 0.4) is 0 Å². The summed E-state index contributed by atoms with van der Waals surface area (Å²) in [7, 11) is 0. The number of carbonyl (C=O) groups excluding carboxylic acids is 2. The summed E-state index contributed by atoms with van der Waals surface area (Å²) in [5.41, 5.74) is 9.56. The van der Waals surface area contributed by atoms with Crippen LogP contribution in [0.4, 0.5) is 4.39 Å². The molecule has 1 amide bonds. The Morgan fingerprint density at radius 3 is 2.49 bits per heavy atom. The Bertz CT molecular complexity index is 1700. The van der Waals surface area contributed by atoms with E-state index in [4.69, 9.17) is 10.5 Å². The van der Waals surface area contributed by atoms with Crippen molar-refractivity contribution in [2.45, 2.75) is 32.7 Å².